The van der Waals surface area contributed by atoms with Gasteiger partial charge in [0.15, 0.2) is 0 Å². The molecule has 0 aliphatic carbocycles. The first kappa shape index (κ1) is 35.9. The first-order chi connectivity index (χ1) is 24.5. The van der Waals surface area contributed by atoms with Crippen LogP contribution in [0.2, 0.25) is 0 Å². The third-order valence-corrected chi connectivity index (χ3v) is 12.1. The van der Waals surface area contributed by atoms with E-state index in [4.69, 9.17) is 0 Å². The number of anilines is 1. The topological polar surface area (TPSA) is 86.8 Å². The van der Waals surface area contributed by atoms with E-state index < -0.39 is 12.0 Å². The van der Waals surface area contributed by atoms with Crippen LogP contribution in [0.3, 0.4) is 0 Å². The molecule has 1 N–H and O–H groups in total. The number of nitrogens with one attached hydrogen (secondary N) is 1. The summed E-state index contributed by atoms with van der Waals surface area (Å²) in [5.41, 5.74) is 2.98. The average molecular weight is 694 g/mol. The van der Waals surface area contributed by atoms with E-state index >= 15 is 0 Å². The lowest BCUT2D eigenvalue weighted by Crippen LogP contribution is -2.49. The molecule has 3 heterocycles. The van der Waals surface area contributed by atoms with E-state index in [0.29, 0.717) is 38.6 Å². The first-order valence-corrected chi connectivity index (χ1v) is 19.7. The number of Topliss-reactive ketones (excluding diaryl/α,β-unsaturated/α-hetero) is 1. The molecule has 7 nitrogen and oxygen atoms in total. The smallest absolute Gasteiger partial charge is 0.249 e. The van der Waals surface area contributed by atoms with E-state index in [9.17, 15) is 19.2 Å². The molecule has 3 saturated heterocycles. The van der Waals surface area contributed by atoms with Crippen LogP contribution in [-0.2, 0) is 32.0 Å². The molecule has 0 radical (unpaired) electrons. The number of piperidine rings is 1. The maximum absolute atomic E-state index is 14.2. The molecule has 0 saturated carbocycles. The van der Waals surface area contributed by atoms with Crippen LogP contribution in [-0.4, -0.2) is 58.7 Å². The fraction of sp³-hybridized carbons (Fsp3) is 0.476. The molecule has 50 heavy (non-hydrogen) atoms. The summed E-state index contributed by atoms with van der Waals surface area (Å²) in [6.07, 6.45) is 8.69. The van der Waals surface area contributed by atoms with Crippen molar-refractivity contribution >= 4 is 41.0 Å². The largest absolute Gasteiger partial charge is 0.344 e. The zero-order valence-corrected chi connectivity index (χ0v) is 29.9. The molecule has 3 aromatic rings. The van der Waals surface area contributed by atoms with Crippen LogP contribution < -0.4 is 10.2 Å². The van der Waals surface area contributed by atoms with Gasteiger partial charge in [0.1, 0.15) is 11.8 Å². The number of benzene rings is 3. The number of thioether (sulfide) groups is 1. The van der Waals surface area contributed by atoms with Crippen LogP contribution in [0.25, 0.3) is 0 Å². The summed E-state index contributed by atoms with van der Waals surface area (Å²) >= 11 is 1.87. The lowest BCUT2D eigenvalue weighted by Gasteiger charge is -2.35. The second kappa shape index (κ2) is 17.8. The van der Waals surface area contributed by atoms with Crippen LogP contribution in [0.4, 0.5) is 5.69 Å². The van der Waals surface area contributed by atoms with E-state index in [-0.39, 0.29) is 47.1 Å². The lowest BCUT2D eigenvalue weighted by atomic mass is 9.82. The van der Waals surface area contributed by atoms with Crippen LogP contribution in [0, 0.1) is 17.8 Å². The summed E-state index contributed by atoms with van der Waals surface area (Å²) in [6, 6.07) is 29.1. The molecule has 0 spiro atoms. The predicted molar refractivity (Wildman–Crippen MR) is 201 cm³/mol. The summed E-state index contributed by atoms with van der Waals surface area (Å²) in [5.74, 6) is -0.0510. The van der Waals surface area contributed by atoms with Gasteiger partial charge in [-0.25, -0.2) is 0 Å². The number of rotatable bonds is 13. The Hall–Kier alpha value is -3.91. The van der Waals surface area contributed by atoms with E-state index in [1.165, 1.54) is 0 Å². The zero-order valence-electron chi connectivity index (χ0n) is 29.1. The molecule has 0 unspecified atom stereocenters. The summed E-state index contributed by atoms with van der Waals surface area (Å²) in [6.45, 7) is 1.42. The fourth-order valence-corrected chi connectivity index (χ4v) is 9.28. The highest BCUT2D eigenvalue weighted by molar-refractivity contribution is 7.99. The summed E-state index contributed by atoms with van der Waals surface area (Å²) < 4.78 is 0. The van der Waals surface area contributed by atoms with Gasteiger partial charge in [-0.3, -0.25) is 19.2 Å². The number of hydrogen-bond acceptors (Lipinski definition) is 5. The van der Waals surface area contributed by atoms with Gasteiger partial charge in [-0.2, -0.15) is 0 Å². The number of para-hydroxylation sites is 1. The fourth-order valence-electron chi connectivity index (χ4n) is 7.86. The molecule has 3 aliphatic heterocycles. The molecule has 3 aromatic carbocycles. The normalized spacial score (nSPS) is 22.5. The number of carbonyl (C=O) groups excluding carboxylic acids is 4. The van der Waals surface area contributed by atoms with Gasteiger partial charge in [0.2, 0.25) is 17.7 Å². The maximum atomic E-state index is 14.2. The quantitative estimate of drug-likeness (QED) is 0.204. The van der Waals surface area contributed by atoms with Gasteiger partial charge < -0.3 is 15.1 Å². The first-order valence-electron chi connectivity index (χ1n) is 18.7. The highest BCUT2D eigenvalue weighted by Crippen LogP contribution is 2.35. The number of amides is 3. The average Bonchev–Trinajstić information content (AvgIpc) is 3.43. The molecule has 0 bridgehead atoms. The predicted octanol–water partition coefficient (Wildman–Crippen LogP) is 7.24. The molecule has 5 atom stereocenters. The van der Waals surface area contributed by atoms with Gasteiger partial charge >= 0.3 is 0 Å². The van der Waals surface area contributed by atoms with Gasteiger partial charge in [-0.15, -0.1) is 11.8 Å². The van der Waals surface area contributed by atoms with E-state index in [1.807, 2.05) is 95.5 Å². The standard InChI is InChI=1S/C42H51N3O4S/c46-38(30-35-24-27-50-39-21-11-13-26-45(39)41(35)48)33(28-31-14-4-1-5-15-31)22-23-34(29-32-16-6-2-7-17-32)40(47)43-37-20-10-12-25-44(42(37)49)36-18-8-3-9-19-36/h1-9,14-19,33-35,37,39H,10-13,20-30H2,(H,43,47)/t33-,34-,35-,37+,39+/m1/s1. The van der Waals surface area contributed by atoms with Crippen molar-refractivity contribution in [2.24, 2.45) is 17.8 Å². The minimum absolute atomic E-state index is 0.0696. The van der Waals surface area contributed by atoms with Crippen molar-refractivity contribution in [2.45, 2.75) is 88.5 Å². The van der Waals surface area contributed by atoms with Crippen LogP contribution in [0.1, 0.15) is 75.3 Å². The minimum atomic E-state index is -0.594. The molecule has 3 fully saturated rings. The van der Waals surface area contributed by atoms with Gasteiger partial charge in [-0.05, 0) is 99.6 Å². The van der Waals surface area contributed by atoms with Crippen molar-refractivity contribution in [3.8, 4) is 0 Å². The molecule has 8 heteroatoms. The second-order valence-electron chi connectivity index (χ2n) is 14.2. The Morgan fingerprint density at radius 1 is 0.700 bits per heavy atom. The Morgan fingerprint density at radius 3 is 2.00 bits per heavy atom. The van der Waals surface area contributed by atoms with E-state index in [2.05, 4.69) is 17.4 Å². The highest BCUT2D eigenvalue weighted by Gasteiger charge is 2.37. The molecule has 264 valence electrons. The molecule has 3 amide bonds. The van der Waals surface area contributed by atoms with Crippen LogP contribution >= 0.6 is 11.8 Å². The van der Waals surface area contributed by atoms with Crippen molar-refractivity contribution in [3.05, 3.63) is 102 Å². The Balaban J connectivity index is 1.18. The molecular weight excluding hydrogens is 643 g/mol. The summed E-state index contributed by atoms with van der Waals surface area (Å²) in [5, 5.41) is 3.41. The molecule has 0 aromatic heterocycles. The minimum Gasteiger partial charge on any atom is -0.344 e. The monoisotopic (exact) mass is 693 g/mol. The van der Waals surface area contributed by atoms with Crippen molar-refractivity contribution in [3.63, 3.8) is 0 Å². The Labute approximate surface area is 301 Å². The van der Waals surface area contributed by atoms with E-state index in [0.717, 1.165) is 67.6 Å². The molecule has 6 rings (SSSR count). The zero-order chi connectivity index (χ0) is 34.7. The van der Waals surface area contributed by atoms with Gasteiger partial charge in [0.25, 0.3) is 0 Å². The summed E-state index contributed by atoms with van der Waals surface area (Å²) in [7, 11) is 0. The van der Waals surface area contributed by atoms with Gasteiger partial charge in [0.05, 0.1) is 5.37 Å². The molecular formula is C42H51N3O4S. The summed E-state index contributed by atoms with van der Waals surface area (Å²) in [4.78, 5) is 59.7. The number of nitrogens with zero attached hydrogens (tertiary/aromatic N) is 2. The van der Waals surface area contributed by atoms with Gasteiger partial charge in [0, 0.05) is 43.0 Å². The SMILES string of the molecule is O=C(C[C@H]1CCS[C@H]2CCCCN2C1=O)[C@H](CC[C@H](Cc1ccccc1)C(=O)N[C@H]1CCCCN(c2ccccc2)C1=O)Cc1ccccc1. The van der Waals surface area contributed by atoms with Crippen molar-refractivity contribution < 1.29 is 19.2 Å². The molecule has 3 aliphatic rings. The van der Waals surface area contributed by atoms with Crippen LogP contribution in [0.15, 0.2) is 91.0 Å². The Kier molecular flexibility index (Phi) is 12.8. The number of ketones is 1. The van der Waals surface area contributed by atoms with Crippen molar-refractivity contribution in [2.75, 3.05) is 23.7 Å². The van der Waals surface area contributed by atoms with Crippen molar-refractivity contribution in [1.82, 2.24) is 10.2 Å². The second-order valence-corrected chi connectivity index (χ2v) is 15.5. The van der Waals surface area contributed by atoms with Gasteiger partial charge in [-0.1, -0.05) is 78.9 Å². The third-order valence-electron chi connectivity index (χ3n) is 10.7. The van der Waals surface area contributed by atoms with Crippen LogP contribution in [0.5, 0.6) is 0 Å². The lowest BCUT2D eigenvalue weighted by molar-refractivity contribution is -0.140. The highest BCUT2D eigenvalue weighted by atomic mass is 32.2. The Bertz CT molecular complexity index is 1570. The van der Waals surface area contributed by atoms with Crippen molar-refractivity contribution in [1.29, 1.82) is 0 Å². The number of fused-ring (bicyclic) bond motifs is 1. The third kappa shape index (κ3) is 9.45. The maximum Gasteiger partial charge on any atom is 0.249 e. The number of carbonyl (C=O) groups is 4. The number of hydrogen-bond donors (Lipinski definition) is 1. The Morgan fingerprint density at radius 2 is 1.30 bits per heavy atom. The van der Waals surface area contributed by atoms with E-state index in [1.54, 1.807) is 4.90 Å².